The van der Waals surface area contributed by atoms with E-state index in [0.29, 0.717) is 5.69 Å². The summed E-state index contributed by atoms with van der Waals surface area (Å²) in [5.74, 6) is -0.352. The third-order valence-corrected chi connectivity index (χ3v) is 1.48. The molecule has 0 aliphatic heterocycles. The van der Waals surface area contributed by atoms with E-state index in [1.807, 2.05) is 0 Å². The second kappa shape index (κ2) is 3.83. The molecule has 0 spiro atoms. The monoisotopic (exact) mass is 207 g/mol. The van der Waals surface area contributed by atoms with Crippen LogP contribution in [-0.2, 0) is 6.61 Å². The van der Waals surface area contributed by atoms with Crippen LogP contribution in [0.15, 0.2) is 12.1 Å². The van der Waals surface area contributed by atoms with Crippen molar-refractivity contribution in [3.05, 3.63) is 23.5 Å². The van der Waals surface area contributed by atoms with Gasteiger partial charge in [-0.3, -0.25) is 4.98 Å². The molecule has 0 fully saturated rings. The molecule has 0 aliphatic rings. The van der Waals surface area contributed by atoms with Crippen molar-refractivity contribution in [3.8, 4) is 5.75 Å². The minimum Gasteiger partial charge on any atom is -0.404 e. The Hall–Kier alpha value is -1.30. The first-order valence-corrected chi connectivity index (χ1v) is 3.75. The highest BCUT2D eigenvalue weighted by molar-refractivity contribution is 5.28. The zero-order valence-electron chi connectivity index (χ0n) is 7.30. The Labute approximate surface area is 78.2 Å². The molecule has 0 atom stereocenters. The Kier molecular flexibility index (Phi) is 2.95. The number of alkyl halides is 3. The lowest BCUT2D eigenvalue weighted by Gasteiger charge is -2.10. The van der Waals surface area contributed by atoms with Gasteiger partial charge in [0.25, 0.3) is 0 Å². The summed E-state index contributed by atoms with van der Waals surface area (Å²) in [5.41, 5.74) is 0.394. The number of aliphatic hydroxyl groups is 1. The average Bonchev–Trinajstić information content (AvgIpc) is 2.06. The number of nitrogens with zero attached hydrogens (tertiary/aromatic N) is 1. The number of aliphatic hydroxyl groups excluding tert-OH is 1. The van der Waals surface area contributed by atoms with Gasteiger partial charge < -0.3 is 9.84 Å². The Bertz CT molecular complexity index is 325. The van der Waals surface area contributed by atoms with Gasteiger partial charge in [0.15, 0.2) is 5.75 Å². The molecule has 1 heterocycles. The molecule has 0 radical (unpaired) electrons. The molecule has 0 unspecified atom stereocenters. The lowest BCUT2D eigenvalue weighted by atomic mass is 10.3. The fourth-order valence-electron chi connectivity index (χ4n) is 0.921. The summed E-state index contributed by atoms with van der Waals surface area (Å²) in [6.07, 6.45) is -4.72. The maximum atomic E-state index is 11.8. The first-order valence-electron chi connectivity index (χ1n) is 3.75. The molecule has 1 aromatic rings. The van der Waals surface area contributed by atoms with Gasteiger partial charge in [-0.2, -0.15) is 0 Å². The number of ether oxygens (including phenoxy) is 1. The van der Waals surface area contributed by atoms with Gasteiger partial charge in [-0.05, 0) is 19.1 Å². The zero-order chi connectivity index (χ0) is 10.8. The van der Waals surface area contributed by atoms with Crippen molar-refractivity contribution >= 4 is 0 Å². The summed E-state index contributed by atoms with van der Waals surface area (Å²) in [6, 6.07) is 2.40. The fraction of sp³-hybridized carbons (Fsp3) is 0.375. The number of hydrogen-bond acceptors (Lipinski definition) is 3. The summed E-state index contributed by atoms with van der Waals surface area (Å²) in [5, 5.41) is 8.66. The molecule has 3 nitrogen and oxygen atoms in total. The van der Waals surface area contributed by atoms with E-state index in [4.69, 9.17) is 5.11 Å². The second-order valence-corrected chi connectivity index (χ2v) is 2.59. The lowest BCUT2D eigenvalue weighted by molar-refractivity contribution is -0.275. The topological polar surface area (TPSA) is 42.4 Å². The van der Waals surface area contributed by atoms with Crippen LogP contribution >= 0.6 is 0 Å². The summed E-state index contributed by atoms with van der Waals surface area (Å²) in [6.45, 7) is 1.06. The zero-order valence-corrected chi connectivity index (χ0v) is 7.30. The van der Waals surface area contributed by atoms with Crippen LogP contribution in [0.3, 0.4) is 0 Å². The highest BCUT2D eigenvalue weighted by Crippen LogP contribution is 2.24. The third kappa shape index (κ3) is 2.88. The van der Waals surface area contributed by atoms with Crippen molar-refractivity contribution in [1.82, 2.24) is 4.98 Å². The van der Waals surface area contributed by atoms with Crippen molar-refractivity contribution in [1.29, 1.82) is 0 Å². The predicted octanol–water partition coefficient (Wildman–Crippen LogP) is 1.78. The number of pyridine rings is 1. The van der Waals surface area contributed by atoms with Gasteiger partial charge in [0, 0.05) is 0 Å². The van der Waals surface area contributed by atoms with Crippen LogP contribution in [0.2, 0.25) is 0 Å². The first-order chi connectivity index (χ1) is 6.42. The van der Waals surface area contributed by atoms with Crippen LogP contribution in [0.1, 0.15) is 11.4 Å². The summed E-state index contributed by atoms with van der Waals surface area (Å²) in [7, 11) is 0. The molecule has 0 aromatic carbocycles. The van der Waals surface area contributed by atoms with Crippen LogP contribution in [0.5, 0.6) is 5.75 Å². The summed E-state index contributed by atoms with van der Waals surface area (Å²) >= 11 is 0. The van der Waals surface area contributed by atoms with E-state index in [0.717, 1.165) is 6.07 Å². The molecule has 0 amide bonds. The third-order valence-electron chi connectivity index (χ3n) is 1.48. The Morgan fingerprint density at radius 1 is 1.43 bits per heavy atom. The molecule has 6 heteroatoms. The molecule has 0 saturated heterocycles. The van der Waals surface area contributed by atoms with Gasteiger partial charge in [-0.15, -0.1) is 13.2 Å². The Morgan fingerprint density at radius 2 is 2.07 bits per heavy atom. The molecule has 0 bridgehead atoms. The average molecular weight is 207 g/mol. The van der Waals surface area contributed by atoms with Crippen molar-refractivity contribution < 1.29 is 23.0 Å². The first kappa shape index (κ1) is 10.8. The van der Waals surface area contributed by atoms with E-state index < -0.39 is 6.36 Å². The van der Waals surface area contributed by atoms with Crippen LogP contribution in [0.25, 0.3) is 0 Å². The minimum atomic E-state index is -4.72. The molecule has 1 rings (SSSR count). The van der Waals surface area contributed by atoms with E-state index in [9.17, 15) is 13.2 Å². The molecule has 1 N–H and O–H groups in total. The minimum absolute atomic E-state index is 0.0916. The highest BCUT2D eigenvalue weighted by Gasteiger charge is 2.31. The van der Waals surface area contributed by atoms with E-state index in [-0.39, 0.29) is 18.1 Å². The van der Waals surface area contributed by atoms with E-state index in [1.54, 1.807) is 0 Å². The SMILES string of the molecule is Cc1nc(CO)ccc1OC(F)(F)F. The second-order valence-electron chi connectivity index (χ2n) is 2.59. The van der Waals surface area contributed by atoms with Crippen LogP contribution < -0.4 is 4.74 Å². The van der Waals surface area contributed by atoms with E-state index >= 15 is 0 Å². The number of halogens is 3. The van der Waals surface area contributed by atoms with Crippen molar-refractivity contribution in [2.75, 3.05) is 0 Å². The molecule has 1 aromatic heterocycles. The van der Waals surface area contributed by atoms with Gasteiger partial charge in [0.1, 0.15) is 0 Å². The number of aryl methyl sites for hydroxylation is 1. The van der Waals surface area contributed by atoms with Gasteiger partial charge in [0.05, 0.1) is 18.0 Å². The predicted molar refractivity (Wildman–Crippen MR) is 41.6 cm³/mol. The number of aromatic nitrogens is 1. The van der Waals surface area contributed by atoms with E-state index in [1.165, 1.54) is 13.0 Å². The standard InChI is InChI=1S/C8H8F3NO2/c1-5-7(14-8(9,10)11)3-2-6(4-13)12-5/h2-3,13H,4H2,1H3. The fourth-order valence-corrected chi connectivity index (χ4v) is 0.921. The number of hydrogen-bond donors (Lipinski definition) is 1. The van der Waals surface area contributed by atoms with Crippen LogP contribution in [-0.4, -0.2) is 16.5 Å². The van der Waals surface area contributed by atoms with Gasteiger partial charge in [-0.25, -0.2) is 0 Å². The quantitative estimate of drug-likeness (QED) is 0.803. The summed E-state index contributed by atoms with van der Waals surface area (Å²) in [4.78, 5) is 3.70. The molecule has 0 saturated carbocycles. The number of rotatable bonds is 2. The van der Waals surface area contributed by atoms with Gasteiger partial charge in [0.2, 0.25) is 0 Å². The van der Waals surface area contributed by atoms with Crippen molar-refractivity contribution in [2.45, 2.75) is 19.9 Å². The van der Waals surface area contributed by atoms with Crippen molar-refractivity contribution in [2.24, 2.45) is 0 Å². The van der Waals surface area contributed by atoms with E-state index in [2.05, 4.69) is 9.72 Å². The molecule has 78 valence electrons. The highest BCUT2D eigenvalue weighted by atomic mass is 19.4. The Morgan fingerprint density at radius 3 is 2.50 bits per heavy atom. The largest absolute Gasteiger partial charge is 0.573 e. The Balaban J connectivity index is 2.89. The molecular formula is C8H8F3NO2. The molecular weight excluding hydrogens is 199 g/mol. The maximum absolute atomic E-state index is 11.8. The lowest BCUT2D eigenvalue weighted by Crippen LogP contribution is -2.18. The smallest absolute Gasteiger partial charge is 0.404 e. The van der Waals surface area contributed by atoms with Crippen LogP contribution in [0.4, 0.5) is 13.2 Å². The summed E-state index contributed by atoms with van der Waals surface area (Å²) < 4.78 is 39.1. The molecule has 0 aliphatic carbocycles. The van der Waals surface area contributed by atoms with Crippen molar-refractivity contribution in [3.63, 3.8) is 0 Å². The van der Waals surface area contributed by atoms with Gasteiger partial charge >= 0.3 is 6.36 Å². The molecule has 14 heavy (non-hydrogen) atoms. The van der Waals surface area contributed by atoms with Crippen LogP contribution in [0, 0.1) is 6.92 Å². The normalized spacial score (nSPS) is 11.5. The van der Waals surface area contributed by atoms with Gasteiger partial charge in [-0.1, -0.05) is 0 Å². The maximum Gasteiger partial charge on any atom is 0.573 e.